The van der Waals surface area contributed by atoms with E-state index in [-0.39, 0.29) is 34.2 Å². The number of amides is 1. The van der Waals surface area contributed by atoms with Crippen molar-refractivity contribution in [1.29, 1.82) is 0 Å². The van der Waals surface area contributed by atoms with E-state index in [0.717, 1.165) is 10.9 Å². The minimum atomic E-state index is -0.373. The number of benzene rings is 1. The van der Waals surface area contributed by atoms with Gasteiger partial charge in [-0.2, -0.15) is 0 Å². The molecule has 0 aliphatic heterocycles. The Balaban J connectivity index is 1.57. The maximum absolute atomic E-state index is 12.6. The second-order valence-electron chi connectivity index (χ2n) is 5.92. The van der Waals surface area contributed by atoms with Crippen molar-refractivity contribution >= 4 is 32.9 Å². The molecule has 4 rings (SSSR count). The van der Waals surface area contributed by atoms with Gasteiger partial charge in [-0.1, -0.05) is 28.1 Å². The number of hydrogen-bond acceptors (Lipinski definition) is 4. The zero-order valence-electron chi connectivity index (χ0n) is 12.8. The van der Waals surface area contributed by atoms with Gasteiger partial charge in [0.1, 0.15) is 11.1 Å². The summed E-state index contributed by atoms with van der Waals surface area (Å²) in [4.78, 5) is 31.1. The largest absolute Gasteiger partial charge is 0.442 e. The van der Waals surface area contributed by atoms with Gasteiger partial charge in [-0.3, -0.25) is 9.59 Å². The molecule has 24 heavy (non-hydrogen) atoms. The Morgan fingerprint density at radius 2 is 2.12 bits per heavy atom. The summed E-state index contributed by atoms with van der Waals surface area (Å²) in [5.74, 6) is 0.402. The Bertz CT molecular complexity index is 990. The van der Waals surface area contributed by atoms with Crippen LogP contribution in [0.2, 0.25) is 0 Å². The Hall–Kier alpha value is -2.41. The smallest absolute Gasteiger partial charge is 0.262 e. The molecule has 2 N–H and O–H groups in total. The van der Waals surface area contributed by atoms with Crippen LogP contribution in [0.15, 0.2) is 44.3 Å². The number of rotatable bonds is 3. The summed E-state index contributed by atoms with van der Waals surface area (Å²) in [6, 6.07) is 8.15. The van der Waals surface area contributed by atoms with E-state index in [2.05, 4.69) is 31.2 Å². The first kappa shape index (κ1) is 15.1. The van der Waals surface area contributed by atoms with Crippen LogP contribution in [0.5, 0.6) is 0 Å². The minimum Gasteiger partial charge on any atom is -0.442 e. The lowest BCUT2D eigenvalue weighted by molar-refractivity contribution is 0.0950. The molecule has 3 aromatic rings. The van der Waals surface area contributed by atoms with Crippen molar-refractivity contribution in [3.05, 3.63) is 62.3 Å². The van der Waals surface area contributed by atoms with Crippen molar-refractivity contribution in [2.75, 3.05) is 0 Å². The summed E-state index contributed by atoms with van der Waals surface area (Å²) in [7, 11) is 0. The quantitative estimate of drug-likeness (QED) is 0.722. The molecule has 1 saturated carbocycles. The molecule has 1 fully saturated rings. The third-order valence-electron chi connectivity index (χ3n) is 4.30. The van der Waals surface area contributed by atoms with Gasteiger partial charge in [0.05, 0.1) is 11.9 Å². The summed E-state index contributed by atoms with van der Waals surface area (Å²) in [5, 5.41) is 3.19. The first-order valence-corrected chi connectivity index (χ1v) is 8.37. The molecule has 0 spiro atoms. The molecule has 122 valence electrons. The van der Waals surface area contributed by atoms with Gasteiger partial charge in [-0.05, 0) is 31.0 Å². The van der Waals surface area contributed by atoms with E-state index < -0.39 is 0 Å². The topological polar surface area (TPSA) is 88.0 Å². The van der Waals surface area contributed by atoms with Crippen molar-refractivity contribution in [1.82, 2.24) is 15.3 Å². The molecule has 0 saturated heterocycles. The Kier molecular flexibility index (Phi) is 3.53. The van der Waals surface area contributed by atoms with Crippen LogP contribution in [0.25, 0.3) is 11.1 Å². The predicted octanol–water partition coefficient (Wildman–Crippen LogP) is 2.87. The van der Waals surface area contributed by atoms with E-state index >= 15 is 0 Å². The second-order valence-corrected chi connectivity index (χ2v) is 6.83. The van der Waals surface area contributed by atoms with E-state index in [4.69, 9.17) is 4.42 Å². The zero-order chi connectivity index (χ0) is 16.8. The molecule has 0 bridgehead atoms. The van der Waals surface area contributed by atoms with Gasteiger partial charge in [-0.15, -0.1) is 0 Å². The predicted molar refractivity (Wildman–Crippen MR) is 92.1 cm³/mol. The molecule has 0 unspecified atom stereocenters. The van der Waals surface area contributed by atoms with E-state index in [1.807, 2.05) is 24.3 Å². The van der Waals surface area contributed by atoms with Crippen LogP contribution in [0, 0.1) is 6.92 Å². The van der Waals surface area contributed by atoms with Crippen LogP contribution in [-0.4, -0.2) is 21.9 Å². The van der Waals surface area contributed by atoms with Crippen molar-refractivity contribution in [2.45, 2.75) is 25.3 Å². The molecule has 2 aromatic heterocycles. The molecular formula is C17H14BrN3O3. The molecule has 1 aliphatic carbocycles. The van der Waals surface area contributed by atoms with Gasteiger partial charge < -0.3 is 14.7 Å². The van der Waals surface area contributed by atoms with Crippen LogP contribution in [0.3, 0.4) is 0 Å². The number of halogens is 1. The molecule has 1 amide bonds. The molecule has 0 radical (unpaired) electrons. The lowest BCUT2D eigenvalue weighted by atomic mass is 10.1. The second kappa shape index (κ2) is 5.59. The maximum Gasteiger partial charge on any atom is 0.262 e. The highest BCUT2D eigenvalue weighted by Crippen LogP contribution is 2.41. The molecule has 6 nitrogen and oxygen atoms in total. The van der Waals surface area contributed by atoms with Crippen LogP contribution < -0.4 is 10.9 Å². The van der Waals surface area contributed by atoms with Gasteiger partial charge in [0.15, 0.2) is 0 Å². The SMILES string of the molecule is Cc1oc2nc[nH]c(=O)c2c1C(=O)N[C@@H]1C[C@H]1c1ccc(Br)cc1. The number of hydrogen-bond donors (Lipinski definition) is 2. The van der Waals surface area contributed by atoms with Crippen LogP contribution in [-0.2, 0) is 0 Å². The summed E-state index contributed by atoms with van der Waals surface area (Å²) in [6.45, 7) is 1.66. The van der Waals surface area contributed by atoms with E-state index in [0.29, 0.717) is 11.7 Å². The van der Waals surface area contributed by atoms with E-state index in [1.165, 1.54) is 11.9 Å². The van der Waals surface area contributed by atoms with Gasteiger partial charge in [0, 0.05) is 16.4 Å². The fourth-order valence-electron chi connectivity index (χ4n) is 3.00. The third kappa shape index (κ3) is 2.54. The first-order valence-electron chi connectivity index (χ1n) is 7.57. The highest BCUT2D eigenvalue weighted by molar-refractivity contribution is 9.10. The number of furan rings is 1. The zero-order valence-corrected chi connectivity index (χ0v) is 14.4. The maximum atomic E-state index is 12.6. The fraction of sp³-hybridized carbons (Fsp3) is 0.235. The molecule has 7 heteroatoms. The Labute approximate surface area is 145 Å². The van der Waals surface area contributed by atoms with Gasteiger partial charge in [0.25, 0.3) is 11.5 Å². The van der Waals surface area contributed by atoms with Crippen molar-refractivity contribution < 1.29 is 9.21 Å². The lowest BCUT2D eigenvalue weighted by Crippen LogP contribution is -2.28. The molecule has 2 atom stereocenters. The minimum absolute atomic E-state index is 0.0683. The number of nitrogens with one attached hydrogen (secondary N) is 2. The molecular weight excluding hydrogens is 374 g/mol. The van der Waals surface area contributed by atoms with Gasteiger partial charge in [0.2, 0.25) is 5.71 Å². The van der Waals surface area contributed by atoms with Gasteiger partial charge >= 0.3 is 0 Å². The number of nitrogens with zero attached hydrogens (tertiary/aromatic N) is 1. The number of aryl methyl sites for hydroxylation is 1. The number of H-pyrrole nitrogens is 1. The Morgan fingerprint density at radius 1 is 1.38 bits per heavy atom. The number of carbonyl (C=O) groups excluding carboxylic acids is 1. The monoisotopic (exact) mass is 387 g/mol. The van der Waals surface area contributed by atoms with E-state index in [9.17, 15) is 9.59 Å². The highest BCUT2D eigenvalue weighted by Gasteiger charge is 2.40. The molecule has 2 heterocycles. The van der Waals surface area contributed by atoms with Crippen molar-refractivity contribution in [2.24, 2.45) is 0 Å². The van der Waals surface area contributed by atoms with Crippen LogP contribution in [0.1, 0.15) is 34.0 Å². The summed E-state index contributed by atoms with van der Waals surface area (Å²) in [5.41, 5.74) is 1.27. The number of aromatic amines is 1. The first-order chi connectivity index (χ1) is 11.5. The standard InChI is InChI=1S/C17H14BrN3O3/c1-8-13(14-15(22)19-7-20-17(14)24-8)16(23)21-12-6-11(12)9-2-4-10(18)5-3-9/h2-5,7,11-12H,6H2,1H3,(H,21,23)(H,19,20,22)/t11-,12+/m0/s1. The number of fused-ring (bicyclic) bond motifs is 1. The highest BCUT2D eigenvalue weighted by atomic mass is 79.9. The van der Waals surface area contributed by atoms with Gasteiger partial charge in [-0.25, -0.2) is 4.98 Å². The fourth-order valence-corrected chi connectivity index (χ4v) is 3.26. The average Bonchev–Trinajstić information content (AvgIpc) is 3.21. The summed E-state index contributed by atoms with van der Waals surface area (Å²) < 4.78 is 6.46. The summed E-state index contributed by atoms with van der Waals surface area (Å²) in [6.07, 6.45) is 2.15. The van der Waals surface area contributed by atoms with E-state index in [1.54, 1.807) is 6.92 Å². The van der Waals surface area contributed by atoms with Crippen molar-refractivity contribution in [3.8, 4) is 0 Å². The van der Waals surface area contributed by atoms with Crippen LogP contribution in [0.4, 0.5) is 0 Å². The lowest BCUT2D eigenvalue weighted by Gasteiger charge is -2.04. The average molecular weight is 388 g/mol. The summed E-state index contributed by atoms with van der Waals surface area (Å²) >= 11 is 3.42. The third-order valence-corrected chi connectivity index (χ3v) is 4.83. The Morgan fingerprint density at radius 3 is 2.88 bits per heavy atom. The van der Waals surface area contributed by atoms with Crippen molar-refractivity contribution in [3.63, 3.8) is 0 Å². The molecule has 1 aromatic carbocycles. The van der Waals surface area contributed by atoms with Crippen LogP contribution >= 0.6 is 15.9 Å². The number of carbonyl (C=O) groups is 1. The normalized spacial score (nSPS) is 19.4. The molecule has 1 aliphatic rings. The number of aromatic nitrogens is 2.